The number of hydrogen-bond acceptors (Lipinski definition) is 6. The minimum absolute atomic E-state index is 0.0531. The van der Waals surface area contributed by atoms with Crippen LogP contribution in [0.3, 0.4) is 0 Å². The summed E-state index contributed by atoms with van der Waals surface area (Å²) in [6.07, 6.45) is 0.928. The number of benzene rings is 1. The summed E-state index contributed by atoms with van der Waals surface area (Å²) in [6.45, 7) is 2.82. The second kappa shape index (κ2) is 9.69. The van der Waals surface area contributed by atoms with E-state index in [0.29, 0.717) is 21.5 Å². The molecule has 28 heavy (non-hydrogen) atoms. The van der Waals surface area contributed by atoms with Crippen LogP contribution in [0.15, 0.2) is 47.6 Å². The van der Waals surface area contributed by atoms with E-state index in [2.05, 4.69) is 38.7 Å². The maximum absolute atomic E-state index is 12.5. The highest BCUT2D eigenvalue weighted by Crippen LogP contribution is 2.28. The van der Waals surface area contributed by atoms with Gasteiger partial charge in [-0.2, -0.15) is 0 Å². The second-order valence-electron chi connectivity index (χ2n) is 6.62. The maximum atomic E-state index is 12.5. The second-order valence-corrected chi connectivity index (χ2v) is 9.27. The Hall–Kier alpha value is -1.67. The molecule has 2 heterocycles. The first-order valence-corrected chi connectivity index (χ1v) is 11.2. The van der Waals surface area contributed by atoms with Gasteiger partial charge in [-0.25, -0.2) is 0 Å². The van der Waals surface area contributed by atoms with Crippen LogP contribution in [0, 0.1) is 0 Å². The van der Waals surface area contributed by atoms with Crippen molar-refractivity contribution in [3.05, 3.63) is 63.1 Å². The standard InChI is InChI=1S/C20H23ClN4OS2/c1-4-15(24(2)3)19-22-23-20(25(19)12-14-8-6-5-7-9-14)27-13-16(26)17-10-11-18(21)28-17/h5-11,15H,4,12-13H2,1-3H3/t15-/m1/s1. The molecule has 0 aliphatic heterocycles. The van der Waals surface area contributed by atoms with E-state index in [-0.39, 0.29) is 11.8 Å². The summed E-state index contributed by atoms with van der Waals surface area (Å²) in [6, 6.07) is 13.9. The summed E-state index contributed by atoms with van der Waals surface area (Å²) in [5.41, 5.74) is 1.18. The minimum Gasteiger partial charge on any atom is -0.300 e. The van der Waals surface area contributed by atoms with Crippen LogP contribution in [-0.2, 0) is 6.54 Å². The number of Topliss-reactive ketones (excluding diaryl/α,β-unsaturated/α-hetero) is 1. The number of thioether (sulfide) groups is 1. The summed E-state index contributed by atoms with van der Waals surface area (Å²) in [7, 11) is 4.10. The van der Waals surface area contributed by atoms with Crippen LogP contribution in [0.1, 0.15) is 40.4 Å². The van der Waals surface area contributed by atoms with Gasteiger partial charge in [0.2, 0.25) is 0 Å². The van der Waals surface area contributed by atoms with Crippen molar-refractivity contribution in [3.8, 4) is 0 Å². The van der Waals surface area contributed by atoms with Crippen LogP contribution < -0.4 is 0 Å². The number of hydrogen-bond donors (Lipinski definition) is 0. The molecule has 3 aromatic rings. The van der Waals surface area contributed by atoms with E-state index in [1.165, 1.54) is 28.7 Å². The Morgan fingerprint density at radius 3 is 2.57 bits per heavy atom. The lowest BCUT2D eigenvalue weighted by Gasteiger charge is -2.23. The molecule has 1 aromatic carbocycles. The van der Waals surface area contributed by atoms with Gasteiger partial charge in [0.15, 0.2) is 16.8 Å². The predicted molar refractivity (Wildman–Crippen MR) is 117 cm³/mol. The topological polar surface area (TPSA) is 51.0 Å². The highest BCUT2D eigenvalue weighted by molar-refractivity contribution is 7.99. The van der Waals surface area contributed by atoms with Crippen molar-refractivity contribution < 1.29 is 4.79 Å². The molecule has 0 saturated heterocycles. The van der Waals surface area contributed by atoms with Gasteiger partial charge >= 0.3 is 0 Å². The Balaban J connectivity index is 1.85. The zero-order valence-corrected chi connectivity index (χ0v) is 18.5. The predicted octanol–water partition coefficient (Wildman–Crippen LogP) is 5.03. The van der Waals surface area contributed by atoms with E-state index in [0.717, 1.165) is 17.4 Å². The van der Waals surface area contributed by atoms with Crippen molar-refractivity contribution in [2.24, 2.45) is 0 Å². The highest BCUT2D eigenvalue weighted by Gasteiger charge is 2.23. The number of carbonyl (C=O) groups excluding carboxylic acids is 1. The molecule has 0 aliphatic rings. The molecule has 1 atom stereocenters. The third-order valence-electron chi connectivity index (χ3n) is 4.42. The van der Waals surface area contributed by atoms with Gasteiger partial charge in [-0.3, -0.25) is 9.69 Å². The normalized spacial score (nSPS) is 12.5. The van der Waals surface area contributed by atoms with E-state index >= 15 is 0 Å². The summed E-state index contributed by atoms with van der Waals surface area (Å²) in [4.78, 5) is 15.3. The van der Waals surface area contributed by atoms with Gasteiger partial charge in [0.05, 0.1) is 27.6 Å². The number of ketones is 1. The Morgan fingerprint density at radius 2 is 1.96 bits per heavy atom. The van der Waals surface area contributed by atoms with Gasteiger partial charge in [-0.15, -0.1) is 21.5 Å². The Kier molecular flexibility index (Phi) is 7.29. The fourth-order valence-electron chi connectivity index (χ4n) is 3.01. The van der Waals surface area contributed by atoms with Crippen molar-refractivity contribution in [2.75, 3.05) is 19.8 Å². The summed E-state index contributed by atoms with van der Waals surface area (Å²) in [5, 5.41) is 9.65. The van der Waals surface area contributed by atoms with Crippen LogP contribution in [0.2, 0.25) is 4.34 Å². The molecule has 0 radical (unpaired) electrons. The van der Waals surface area contributed by atoms with Crippen LogP contribution in [0.4, 0.5) is 0 Å². The van der Waals surface area contributed by atoms with Gasteiger partial charge in [0.1, 0.15) is 0 Å². The van der Waals surface area contributed by atoms with E-state index in [9.17, 15) is 4.79 Å². The molecular formula is C20H23ClN4OS2. The Labute approximate surface area is 178 Å². The number of rotatable bonds is 9. The molecule has 0 saturated carbocycles. The van der Waals surface area contributed by atoms with Crippen molar-refractivity contribution in [3.63, 3.8) is 0 Å². The van der Waals surface area contributed by atoms with Crippen LogP contribution >= 0.6 is 34.7 Å². The number of aromatic nitrogens is 3. The molecule has 148 valence electrons. The van der Waals surface area contributed by atoms with Crippen molar-refractivity contribution in [1.29, 1.82) is 0 Å². The van der Waals surface area contributed by atoms with Gasteiger partial charge in [0, 0.05) is 0 Å². The zero-order chi connectivity index (χ0) is 20.1. The largest absolute Gasteiger partial charge is 0.300 e. The number of halogens is 1. The zero-order valence-electron chi connectivity index (χ0n) is 16.1. The molecule has 8 heteroatoms. The van der Waals surface area contributed by atoms with Gasteiger partial charge < -0.3 is 4.57 Å². The molecule has 0 fully saturated rings. The molecule has 0 aliphatic carbocycles. The number of carbonyl (C=O) groups is 1. The molecule has 2 aromatic heterocycles. The molecular weight excluding hydrogens is 412 g/mol. The number of nitrogens with zero attached hydrogens (tertiary/aromatic N) is 4. The quantitative estimate of drug-likeness (QED) is 0.349. The van der Waals surface area contributed by atoms with E-state index in [1.807, 2.05) is 32.3 Å². The smallest absolute Gasteiger partial charge is 0.192 e. The number of thiophene rings is 1. The maximum Gasteiger partial charge on any atom is 0.192 e. The molecule has 0 spiro atoms. The lowest BCUT2D eigenvalue weighted by molar-refractivity contribution is 0.102. The monoisotopic (exact) mass is 434 g/mol. The van der Waals surface area contributed by atoms with Gasteiger partial charge in [-0.05, 0) is 38.2 Å². The van der Waals surface area contributed by atoms with Crippen molar-refractivity contribution >= 4 is 40.5 Å². The third kappa shape index (κ3) is 5.03. The molecule has 0 N–H and O–H groups in total. The first kappa shape index (κ1) is 21.0. The highest BCUT2D eigenvalue weighted by atomic mass is 35.5. The van der Waals surface area contributed by atoms with E-state index in [1.54, 1.807) is 12.1 Å². The van der Waals surface area contributed by atoms with Gasteiger partial charge in [0.25, 0.3) is 0 Å². The molecule has 0 amide bonds. The Morgan fingerprint density at radius 1 is 1.21 bits per heavy atom. The van der Waals surface area contributed by atoms with Gasteiger partial charge in [-0.1, -0.05) is 60.6 Å². The first-order chi connectivity index (χ1) is 13.5. The molecule has 5 nitrogen and oxygen atoms in total. The molecule has 0 bridgehead atoms. The summed E-state index contributed by atoms with van der Waals surface area (Å²) in [5.74, 6) is 1.28. The van der Waals surface area contributed by atoms with Crippen LogP contribution in [0.25, 0.3) is 0 Å². The molecule has 0 unspecified atom stereocenters. The third-order valence-corrected chi connectivity index (χ3v) is 6.66. The average molecular weight is 435 g/mol. The van der Waals surface area contributed by atoms with Crippen LogP contribution in [-0.4, -0.2) is 45.3 Å². The fourth-order valence-corrected chi connectivity index (χ4v) is 4.91. The van der Waals surface area contributed by atoms with Crippen LogP contribution in [0.5, 0.6) is 0 Å². The summed E-state index contributed by atoms with van der Waals surface area (Å²) >= 11 is 8.68. The van der Waals surface area contributed by atoms with Crippen molar-refractivity contribution in [2.45, 2.75) is 31.1 Å². The lowest BCUT2D eigenvalue weighted by atomic mass is 10.2. The minimum atomic E-state index is 0.0531. The fraction of sp³-hybridized carbons (Fsp3) is 0.350. The first-order valence-electron chi connectivity index (χ1n) is 9.04. The molecule has 3 rings (SSSR count). The van der Waals surface area contributed by atoms with E-state index in [4.69, 9.17) is 11.6 Å². The van der Waals surface area contributed by atoms with E-state index < -0.39 is 0 Å². The van der Waals surface area contributed by atoms with Crippen molar-refractivity contribution in [1.82, 2.24) is 19.7 Å². The Bertz CT molecular complexity index is 923. The average Bonchev–Trinajstić information content (AvgIpc) is 3.28. The lowest BCUT2D eigenvalue weighted by Crippen LogP contribution is -2.23. The SMILES string of the molecule is CC[C@H](c1nnc(SCC(=O)c2ccc(Cl)s2)n1Cc1ccccc1)N(C)C. The summed E-state index contributed by atoms with van der Waals surface area (Å²) < 4.78 is 2.75.